The monoisotopic (exact) mass is 325 g/mol. The summed E-state index contributed by atoms with van der Waals surface area (Å²) in [6.45, 7) is 1.84. The van der Waals surface area contributed by atoms with Crippen molar-refractivity contribution < 1.29 is 18.3 Å². The molecule has 0 aliphatic rings. The summed E-state index contributed by atoms with van der Waals surface area (Å²) >= 11 is 1.20. The standard InChI is InChI=1S/C14H15NO4S2/c1-10-5-8-14(20-10)21(18,19)15-12-4-2-3-11(9-12)6-7-13(16)17/h2-5,8-9,15H,6-7H2,1H3,(H,16,17). The molecule has 0 saturated heterocycles. The number of carboxylic acid groups (broad SMARTS) is 1. The molecule has 2 rings (SSSR count). The maximum absolute atomic E-state index is 12.2. The van der Waals surface area contributed by atoms with Crippen molar-refractivity contribution >= 4 is 33.0 Å². The first kappa shape index (κ1) is 15.5. The van der Waals surface area contributed by atoms with Gasteiger partial charge in [0.2, 0.25) is 0 Å². The fourth-order valence-corrected chi connectivity index (χ4v) is 4.14. The second-order valence-electron chi connectivity index (χ2n) is 4.56. The predicted molar refractivity (Wildman–Crippen MR) is 82.3 cm³/mol. The second kappa shape index (κ2) is 6.28. The molecular weight excluding hydrogens is 310 g/mol. The third kappa shape index (κ3) is 4.30. The van der Waals surface area contributed by atoms with E-state index in [9.17, 15) is 13.2 Å². The number of sulfonamides is 1. The van der Waals surface area contributed by atoms with Crippen molar-refractivity contribution in [2.75, 3.05) is 4.72 Å². The van der Waals surface area contributed by atoms with Crippen LogP contribution in [0.2, 0.25) is 0 Å². The maximum Gasteiger partial charge on any atom is 0.303 e. The summed E-state index contributed by atoms with van der Waals surface area (Å²) in [6, 6.07) is 10.1. The van der Waals surface area contributed by atoms with Gasteiger partial charge in [-0.15, -0.1) is 11.3 Å². The molecule has 1 aromatic heterocycles. The van der Waals surface area contributed by atoms with Gasteiger partial charge in [0.25, 0.3) is 10.0 Å². The van der Waals surface area contributed by atoms with E-state index < -0.39 is 16.0 Å². The largest absolute Gasteiger partial charge is 0.481 e. The summed E-state index contributed by atoms with van der Waals surface area (Å²) in [5.41, 5.74) is 1.21. The molecule has 0 atom stereocenters. The molecule has 0 unspecified atom stereocenters. The Morgan fingerprint density at radius 2 is 2.05 bits per heavy atom. The summed E-state index contributed by atoms with van der Waals surface area (Å²) in [6.07, 6.45) is 0.378. The minimum absolute atomic E-state index is 0.0142. The van der Waals surface area contributed by atoms with Crippen LogP contribution in [0.1, 0.15) is 16.9 Å². The number of thiophene rings is 1. The van der Waals surface area contributed by atoms with E-state index in [1.807, 2.05) is 6.92 Å². The van der Waals surface area contributed by atoms with Crippen LogP contribution in [0, 0.1) is 6.92 Å². The highest BCUT2D eigenvalue weighted by Gasteiger charge is 2.16. The molecule has 0 saturated carbocycles. The van der Waals surface area contributed by atoms with Crippen LogP contribution in [0.25, 0.3) is 0 Å². The van der Waals surface area contributed by atoms with Crippen LogP contribution in [0.15, 0.2) is 40.6 Å². The number of anilines is 1. The van der Waals surface area contributed by atoms with Crippen molar-refractivity contribution in [2.45, 2.75) is 24.0 Å². The highest BCUT2D eigenvalue weighted by molar-refractivity contribution is 7.94. The van der Waals surface area contributed by atoms with Crippen LogP contribution >= 0.6 is 11.3 Å². The SMILES string of the molecule is Cc1ccc(S(=O)(=O)Nc2cccc(CCC(=O)O)c2)s1. The molecular formula is C14H15NO4S2. The van der Waals surface area contributed by atoms with E-state index >= 15 is 0 Å². The molecule has 5 nitrogen and oxygen atoms in total. The Kier molecular flexibility index (Phi) is 4.64. The smallest absolute Gasteiger partial charge is 0.303 e. The lowest BCUT2D eigenvalue weighted by molar-refractivity contribution is -0.136. The quantitative estimate of drug-likeness (QED) is 0.855. The third-order valence-electron chi connectivity index (χ3n) is 2.79. The molecule has 7 heteroatoms. The second-order valence-corrected chi connectivity index (χ2v) is 7.76. The average Bonchev–Trinajstić information content (AvgIpc) is 2.84. The van der Waals surface area contributed by atoms with Gasteiger partial charge < -0.3 is 5.11 Å². The number of hydrogen-bond acceptors (Lipinski definition) is 4. The van der Waals surface area contributed by atoms with E-state index in [4.69, 9.17) is 5.11 Å². The number of aryl methyl sites for hydroxylation is 2. The van der Waals surface area contributed by atoms with Crippen molar-refractivity contribution in [1.29, 1.82) is 0 Å². The van der Waals surface area contributed by atoms with Crippen LogP contribution in [0.4, 0.5) is 5.69 Å². The molecule has 0 aliphatic heterocycles. The molecule has 1 heterocycles. The lowest BCUT2D eigenvalue weighted by atomic mass is 10.1. The average molecular weight is 325 g/mol. The number of benzene rings is 1. The van der Waals surface area contributed by atoms with Crippen molar-refractivity contribution in [1.82, 2.24) is 0 Å². The van der Waals surface area contributed by atoms with Gasteiger partial charge in [-0.05, 0) is 43.2 Å². The molecule has 0 bridgehead atoms. The van der Waals surface area contributed by atoms with Gasteiger partial charge in [0.15, 0.2) is 0 Å². The van der Waals surface area contributed by atoms with Gasteiger partial charge in [0.05, 0.1) is 0 Å². The molecule has 0 aliphatic carbocycles. The van der Waals surface area contributed by atoms with Crippen molar-refractivity contribution in [3.63, 3.8) is 0 Å². The molecule has 0 radical (unpaired) electrons. The van der Waals surface area contributed by atoms with E-state index in [1.54, 1.807) is 36.4 Å². The molecule has 1 aromatic carbocycles. The number of hydrogen-bond donors (Lipinski definition) is 2. The van der Waals surface area contributed by atoms with Crippen LogP contribution < -0.4 is 4.72 Å². The van der Waals surface area contributed by atoms with Crippen molar-refractivity contribution in [3.8, 4) is 0 Å². The fraction of sp³-hybridized carbons (Fsp3) is 0.214. The lowest BCUT2D eigenvalue weighted by Gasteiger charge is -2.08. The van der Waals surface area contributed by atoms with Gasteiger partial charge in [-0.3, -0.25) is 9.52 Å². The van der Waals surface area contributed by atoms with Crippen molar-refractivity contribution in [2.24, 2.45) is 0 Å². The minimum Gasteiger partial charge on any atom is -0.481 e. The minimum atomic E-state index is -3.59. The zero-order valence-electron chi connectivity index (χ0n) is 11.4. The maximum atomic E-state index is 12.2. The molecule has 2 N–H and O–H groups in total. The molecule has 21 heavy (non-hydrogen) atoms. The Bertz CT molecular complexity index is 750. The van der Waals surface area contributed by atoms with Crippen LogP contribution in [-0.2, 0) is 21.2 Å². The molecule has 2 aromatic rings. The number of nitrogens with one attached hydrogen (secondary N) is 1. The summed E-state index contributed by atoms with van der Waals surface area (Å²) in [7, 11) is -3.59. The third-order valence-corrected chi connectivity index (χ3v) is 5.66. The number of aliphatic carboxylic acids is 1. The normalized spacial score (nSPS) is 11.3. The molecule has 0 amide bonds. The Morgan fingerprint density at radius 1 is 1.29 bits per heavy atom. The van der Waals surface area contributed by atoms with E-state index in [0.717, 1.165) is 10.4 Å². The van der Waals surface area contributed by atoms with Crippen LogP contribution in [0.5, 0.6) is 0 Å². The van der Waals surface area contributed by atoms with E-state index in [0.29, 0.717) is 12.1 Å². The summed E-state index contributed by atoms with van der Waals surface area (Å²) in [5, 5.41) is 8.67. The Balaban J connectivity index is 2.16. The van der Waals surface area contributed by atoms with Gasteiger partial charge in [-0.1, -0.05) is 12.1 Å². The van der Waals surface area contributed by atoms with E-state index in [1.165, 1.54) is 11.3 Å². The summed E-state index contributed by atoms with van der Waals surface area (Å²) < 4.78 is 27.2. The van der Waals surface area contributed by atoms with Gasteiger partial charge >= 0.3 is 5.97 Å². The fourth-order valence-electron chi connectivity index (χ4n) is 1.80. The van der Waals surface area contributed by atoms with Gasteiger partial charge in [0.1, 0.15) is 4.21 Å². The van der Waals surface area contributed by atoms with Crippen molar-refractivity contribution in [3.05, 3.63) is 46.8 Å². The summed E-state index contributed by atoms with van der Waals surface area (Å²) in [5.74, 6) is -0.880. The van der Waals surface area contributed by atoms with Gasteiger partial charge in [-0.25, -0.2) is 8.42 Å². The first-order valence-corrected chi connectivity index (χ1v) is 8.57. The lowest BCUT2D eigenvalue weighted by Crippen LogP contribution is -2.11. The predicted octanol–water partition coefficient (Wildman–Crippen LogP) is 2.87. The molecule has 112 valence electrons. The first-order valence-electron chi connectivity index (χ1n) is 6.27. The highest BCUT2D eigenvalue weighted by atomic mass is 32.2. The number of carboxylic acids is 1. The topological polar surface area (TPSA) is 83.5 Å². The van der Waals surface area contributed by atoms with Gasteiger partial charge in [-0.2, -0.15) is 0 Å². The Hall–Kier alpha value is -1.86. The Morgan fingerprint density at radius 3 is 2.67 bits per heavy atom. The zero-order chi connectivity index (χ0) is 15.5. The van der Waals surface area contributed by atoms with E-state index in [2.05, 4.69) is 4.72 Å². The van der Waals surface area contributed by atoms with Crippen LogP contribution in [-0.4, -0.2) is 19.5 Å². The molecule has 0 fully saturated rings. The number of carbonyl (C=O) groups is 1. The molecule has 0 spiro atoms. The number of rotatable bonds is 6. The first-order chi connectivity index (χ1) is 9.87. The Labute approximate surface area is 127 Å². The highest BCUT2D eigenvalue weighted by Crippen LogP contribution is 2.23. The van der Waals surface area contributed by atoms with Gasteiger partial charge in [0, 0.05) is 17.0 Å². The van der Waals surface area contributed by atoms with E-state index in [-0.39, 0.29) is 10.6 Å². The summed E-state index contributed by atoms with van der Waals surface area (Å²) in [4.78, 5) is 11.5. The zero-order valence-corrected chi connectivity index (χ0v) is 13.0. The van der Waals surface area contributed by atoms with Crippen LogP contribution in [0.3, 0.4) is 0 Å².